The van der Waals surface area contributed by atoms with Crippen LogP contribution >= 0.6 is 0 Å². The van der Waals surface area contributed by atoms with E-state index >= 15 is 0 Å². The van der Waals surface area contributed by atoms with Crippen molar-refractivity contribution in [1.82, 2.24) is 9.63 Å². The first kappa shape index (κ1) is 18.4. The van der Waals surface area contributed by atoms with Gasteiger partial charge in [-0.1, -0.05) is 78.9 Å². The summed E-state index contributed by atoms with van der Waals surface area (Å²) in [6, 6.07) is 31.7. The Morgan fingerprint density at radius 2 is 1.65 bits per heavy atom. The quantitative estimate of drug-likeness (QED) is 0.439. The van der Waals surface area contributed by atoms with Crippen LogP contribution in [0.3, 0.4) is 0 Å². The van der Waals surface area contributed by atoms with Gasteiger partial charge in [0.25, 0.3) is 0 Å². The van der Waals surface area contributed by atoms with Gasteiger partial charge in [0.2, 0.25) is 0 Å². The molecule has 152 valence electrons. The van der Waals surface area contributed by atoms with Gasteiger partial charge in [-0.25, -0.2) is 0 Å². The van der Waals surface area contributed by atoms with Crippen molar-refractivity contribution >= 4 is 10.9 Å². The van der Waals surface area contributed by atoms with Crippen LogP contribution in [0.25, 0.3) is 10.9 Å². The lowest BCUT2D eigenvalue weighted by Gasteiger charge is -2.25. The molecule has 1 aromatic heterocycles. The van der Waals surface area contributed by atoms with E-state index in [0.29, 0.717) is 13.1 Å². The van der Waals surface area contributed by atoms with Gasteiger partial charge in [-0.05, 0) is 29.7 Å². The Labute approximate surface area is 181 Å². The van der Waals surface area contributed by atoms with E-state index in [0.717, 1.165) is 5.56 Å². The van der Waals surface area contributed by atoms with Crippen molar-refractivity contribution in [2.75, 3.05) is 0 Å². The lowest BCUT2D eigenvalue weighted by Crippen LogP contribution is -2.30. The number of rotatable bonds is 3. The number of aryl methyl sites for hydroxylation is 1. The normalized spacial score (nSPS) is 24.8. The van der Waals surface area contributed by atoms with Crippen molar-refractivity contribution in [3.8, 4) is 6.07 Å². The molecule has 0 spiro atoms. The standard InChI is InChI=1S/C27H23N3O/c1-19-22-14-8-9-15-23(22)29-18-27(17-28)25(24(19)29)30(16-20-10-4-2-5-11-20)31-26(27)21-12-6-3-7-13-21/h2-15,25-26H,16,18H2,1H3/t25-,26-,27+/m1/s1. The van der Waals surface area contributed by atoms with Gasteiger partial charge < -0.3 is 4.57 Å². The third kappa shape index (κ3) is 2.54. The Morgan fingerprint density at radius 3 is 2.39 bits per heavy atom. The molecule has 1 saturated heterocycles. The first-order chi connectivity index (χ1) is 15.2. The number of hydrogen-bond acceptors (Lipinski definition) is 3. The molecule has 1 fully saturated rings. The number of hydrogen-bond donors (Lipinski definition) is 0. The van der Waals surface area contributed by atoms with E-state index in [1.807, 2.05) is 24.3 Å². The lowest BCUT2D eigenvalue weighted by molar-refractivity contribution is -0.175. The largest absolute Gasteiger partial charge is 0.341 e. The van der Waals surface area contributed by atoms with Crippen molar-refractivity contribution in [3.63, 3.8) is 0 Å². The molecule has 0 unspecified atom stereocenters. The maximum absolute atomic E-state index is 10.6. The molecule has 0 radical (unpaired) electrons. The van der Waals surface area contributed by atoms with Crippen LogP contribution in [0, 0.1) is 23.7 Å². The monoisotopic (exact) mass is 405 g/mol. The molecule has 3 heterocycles. The van der Waals surface area contributed by atoms with E-state index in [-0.39, 0.29) is 12.1 Å². The van der Waals surface area contributed by atoms with Crippen LogP contribution < -0.4 is 0 Å². The molecule has 0 N–H and O–H groups in total. The van der Waals surface area contributed by atoms with E-state index in [4.69, 9.17) is 4.84 Å². The van der Waals surface area contributed by atoms with Crippen molar-refractivity contribution in [2.45, 2.75) is 32.2 Å². The smallest absolute Gasteiger partial charge is 0.131 e. The summed E-state index contributed by atoms with van der Waals surface area (Å²) in [5.74, 6) is 0. The van der Waals surface area contributed by atoms with Gasteiger partial charge in [-0.15, -0.1) is 0 Å². The van der Waals surface area contributed by atoms with E-state index < -0.39 is 5.41 Å². The molecular formula is C27H23N3O. The molecule has 4 heteroatoms. The molecule has 3 aromatic carbocycles. The number of nitrogens with zero attached hydrogens (tertiary/aromatic N) is 3. The fraction of sp³-hybridized carbons (Fsp3) is 0.222. The predicted molar refractivity (Wildman–Crippen MR) is 120 cm³/mol. The highest BCUT2D eigenvalue weighted by Gasteiger charge is 2.62. The van der Waals surface area contributed by atoms with E-state index in [9.17, 15) is 5.26 Å². The Bertz CT molecular complexity index is 1310. The Kier molecular flexibility index (Phi) is 4.04. The van der Waals surface area contributed by atoms with E-state index in [1.165, 1.54) is 27.7 Å². The van der Waals surface area contributed by atoms with Crippen LogP contribution in [0.15, 0.2) is 84.9 Å². The van der Waals surface area contributed by atoms with Gasteiger partial charge in [-0.3, -0.25) is 4.84 Å². The number of hydroxylamine groups is 2. The molecule has 0 bridgehead atoms. The zero-order valence-electron chi connectivity index (χ0n) is 17.4. The second-order valence-electron chi connectivity index (χ2n) is 8.63. The summed E-state index contributed by atoms with van der Waals surface area (Å²) in [5.41, 5.74) is 5.20. The van der Waals surface area contributed by atoms with Crippen LogP contribution in [0.5, 0.6) is 0 Å². The second-order valence-corrected chi connectivity index (χ2v) is 8.63. The first-order valence-corrected chi connectivity index (χ1v) is 10.7. The molecule has 2 aliphatic rings. The van der Waals surface area contributed by atoms with Crippen molar-refractivity contribution in [3.05, 3.63) is 107 Å². The van der Waals surface area contributed by atoms with E-state index in [1.54, 1.807) is 0 Å². The second kappa shape index (κ2) is 6.81. The van der Waals surface area contributed by atoms with Gasteiger partial charge >= 0.3 is 0 Å². The third-order valence-electron chi connectivity index (χ3n) is 6.93. The molecule has 4 aromatic rings. The minimum atomic E-state index is -0.680. The molecule has 31 heavy (non-hydrogen) atoms. The molecule has 0 saturated carbocycles. The number of fused-ring (bicyclic) bond motifs is 5. The predicted octanol–water partition coefficient (Wildman–Crippen LogP) is 5.70. The van der Waals surface area contributed by atoms with Crippen molar-refractivity contribution in [2.24, 2.45) is 5.41 Å². The van der Waals surface area contributed by atoms with Crippen LogP contribution in [0.1, 0.15) is 34.5 Å². The summed E-state index contributed by atoms with van der Waals surface area (Å²) in [4.78, 5) is 6.62. The zero-order chi connectivity index (χ0) is 21.0. The third-order valence-corrected chi connectivity index (χ3v) is 6.93. The summed E-state index contributed by atoms with van der Waals surface area (Å²) < 4.78 is 2.36. The van der Waals surface area contributed by atoms with E-state index in [2.05, 4.69) is 83.3 Å². The maximum Gasteiger partial charge on any atom is 0.131 e. The van der Waals surface area contributed by atoms with Crippen LogP contribution in [0.4, 0.5) is 0 Å². The van der Waals surface area contributed by atoms with Gasteiger partial charge in [0.05, 0.1) is 12.1 Å². The molecule has 0 aliphatic carbocycles. The molecule has 0 amide bonds. The van der Waals surface area contributed by atoms with Gasteiger partial charge in [-0.2, -0.15) is 10.3 Å². The molecule has 3 atom stereocenters. The fourth-order valence-electron chi connectivity index (χ4n) is 5.55. The van der Waals surface area contributed by atoms with Gasteiger partial charge in [0, 0.05) is 29.7 Å². The summed E-state index contributed by atoms with van der Waals surface area (Å²) in [5, 5.41) is 13.9. The summed E-state index contributed by atoms with van der Waals surface area (Å²) >= 11 is 0. The van der Waals surface area contributed by atoms with Gasteiger partial charge in [0.1, 0.15) is 11.5 Å². The van der Waals surface area contributed by atoms with Crippen LogP contribution in [0.2, 0.25) is 0 Å². The average Bonchev–Trinajstić information content (AvgIpc) is 3.41. The van der Waals surface area contributed by atoms with Crippen molar-refractivity contribution in [1.29, 1.82) is 5.26 Å². The number of aromatic nitrogens is 1. The molecule has 4 nitrogen and oxygen atoms in total. The van der Waals surface area contributed by atoms with Gasteiger partial charge in [0.15, 0.2) is 0 Å². The Hall–Kier alpha value is -3.39. The highest BCUT2D eigenvalue weighted by atomic mass is 16.7. The average molecular weight is 406 g/mol. The highest BCUT2D eigenvalue weighted by Crippen LogP contribution is 2.61. The minimum absolute atomic E-state index is 0.129. The molecular weight excluding hydrogens is 382 g/mol. The minimum Gasteiger partial charge on any atom is -0.341 e. The summed E-state index contributed by atoms with van der Waals surface area (Å²) in [6.45, 7) is 3.44. The zero-order valence-corrected chi connectivity index (χ0v) is 17.4. The topological polar surface area (TPSA) is 41.2 Å². The number of benzene rings is 3. The Balaban J connectivity index is 1.55. The van der Waals surface area contributed by atoms with Crippen LogP contribution in [-0.2, 0) is 17.9 Å². The maximum atomic E-state index is 10.6. The lowest BCUT2D eigenvalue weighted by atomic mass is 9.75. The fourth-order valence-corrected chi connectivity index (χ4v) is 5.55. The van der Waals surface area contributed by atoms with Crippen molar-refractivity contribution < 1.29 is 4.84 Å². The summed E-state index contributed by atoms with van der Waals surface area (Å²) in [7, 11) is 0. The first-order valence-electron chi connectivity index (χ1n) is 10.7. The summed E-state index contributed by atoms with van der Waals surface area (Å²) in [6.07, 6.45) is -0.314. The van der Waals surface area contributed by atoms with Crippen LogP contribution in [-0.4, -0.2) is 9.63 Å². The Morgan fingerprint density at radius 1 is 0.968 bits per heavy atom. The molecule has 6 rings (SSSR count). The number of para-hydroxylation sites is 1. The SMILES string of the molecule is Cc1c2n(c3ccccc13)C[C@]1(C#N)[C@@H](c3ccccc3)ON(Cc3ccccc3)[C@H]21. The highest BCUT2D eigenvalue weighted by molar-refractivity contribution is 5.86. The number of nitriles is 1. The molecule has 2 aliphatic heterocycles.